The zero-order valence-electron chi connectivity index (χ0n) is 13.1. The van der Waals surface area contributed by atoms with Gasteiger partial charge in [-0.1, -0.05) is 31.2 Å². The third kappa shape index (κ3) is 2.09. The van der Waals surface area contributed by atoms with E-state index in [0.717, 1.165) is 22.0 Å². The van der Waals surface area contributed by atoms with E-state index in [-0.39, 0.29) is 5.91 Å². The molecule has 1 aliphatic carbocycles. The van der Waals surface area contributed by atoms with Crippen molar-refractivity contribution in [3.8, 4) is 0 Å². The molecule has 0 saturated carbocycles. The molecule has 1 aliphatic heterocycles. The molecule has 1 fully saturated rings. The number of pyridine rings is 1. The van der Waals surface area contributed by atoms with Crippen LogP contribution in [0.25, 0.3) is 0 Å². The van der Waals surface area contributed by atoms with Gasteiger partial charge in [0.2, 0.25) is 0 Å². The van der Waals surface area contributed by atoms with Crippen molar-refractivity contribution >= 4 is 33.6 Å². The van der Waals surface area contributed by atoms with Crippen LogP contribution in [-0.2, 0) is 10.3 Å². The number of amides is 3. The Balaban J connectivity index is 1.83. The number of urea groups is 1. The largest absolute Gasteiger partial charge is 0.330 e. The van der Waals surface area contributed by atoms with Gasteiger partial charge in [-0.2, -0.15) is 0 Å². The molecular weight excluding hydrogens is 370 g/mol. The molecule has 122 valence electrons. The van der Waals surface area contributed by atoms with E-state index in [9.17, 15) is 9.59 Å². The van der Waals surface area contributed by atoms with E-state index in [1.54, 1.807) is 12.3 Å². The van der Waals surface area contributed by atoms with Crippen LogP contribution in [0.3, 0.4) is 0 Å². The number of benzene rings is 1. The Labute approximate surface area is 148 Å². The Morgan fingerprint density at radius 1 is 1.29 bits per heavy atom. The third-order valence-corrected chi connectivity index (χ3v) is 5.38. The van der Waals surface area contributed by atoms with Gasteiger partial charge in [-0.3, -0.25) is 9.78 Å². The van der Waals surface area contributed by atoms with Crippen LogP contribution in [0.4, 0.5) is 10.5 Å². The lowest BCUT2D eigenvalue weighted by molar-refractivity contribution is -0.123. The first kappa shape index (κ1) is 15.3. The third-order valence-electron chi connectivity index (χ3n) is 4.94. The van der Waals surface area contributed by atoms with Gasteiger partial charge in [0.1, 0.15) is 5.54 Å². The van der Waals surface area contributed by atoms with E-state index in [1.807, 2.05) is 24.3 Å². The molecule has 1 saturated heterocycles. The molecule has 2 unspecified atom stereocenters. The van der Waals surface area contributed by atoms with Crippen LogP contribution >= 0.6 is 15.9 Å². The Morgan fingerprint density at radius 3 is 2.88 bits per heavy atom. The second-order valence-electron chi connectivity index (χ2n) is 6.36. The Bertz CT molecular complexity index is 854. The molecule has 1 aromatic carbocycles. The van der Waals surface area contributed by atoms with Crippen LogP contribution in [0.5, 0.6) is 0 Å². The average molecular weight is 386 g/mol. The van der Waals surface area contributed by atoms with Crippen molar-refractivity contribution in [2.45, 2.75) is 31.2 Å². The van der Waals surface area contributed by atoms with Gasteiger partial charge in [0.15, 0.2) is 0 Å². The van der Waals surface area contributed by atoms with E-state index in [4.69, 9.17) is 0 Å². The molecule has 4 rings (SSSR count). The van der Waals surface area contributed by atoms with Crippen LogP contribution < -0.4 is 10.2 Å². The molecule has 2 heterocycles. The minimum atomic E-state index is -0.970. The topological polar surface area (TPSA) is 62.3 Å². The number of nitrogens with zero attached hydrogens (tertiary/aromatic N) is 2. The first-order chi connectivity index (χ1) is 11.5. The second kappa shape index (κ2) is 5.41. The van der Waals surface area contributed by atoms with E-state index in [2.05, 4.69) is 33.2 Å². The lowest BCUT2D eigenvalue weighted by Gasteiger charge is -2.36. The number of nitrogens with one attached hydrogen (secondary N) is 1. The smallest absolute Gasteiger partial charge is 0.319 e. The van der Waals surface area contributed by atoms with Gasteiger partial charge in [-0.25, -0.2) is 9.69 Å². The van der Waals surface area contributed by atoms with E-state index in [1.165, 1.54) is 11.1 Å². The Hall–Kier alpha value is -2.21. The van der Waals surface area contributed by atoms with Crippen molar-refractivity contribution in [3.05, 3.63) is 58.3 Å². The monoisotopic (exact) mass is 385 g/mol. The number of carbonyl (C=O) groups is 2. The first-order valence-electron chi connectivity index (χ1n) is 7.89. The highest BCUT2D eigenvalue weighted by molar-refractivity contribution is 9.10. The predicted molar refractivity (Wildman–Crippen MR) is 93.7 cm³/mol. The molecule has 0 radical (unpaired) electrons. The maximum Gasteiger partial charge on any atom is 0.330 e. The predicted octanol–water partition coefficient (Wildman–Crippen LogP) is 3.69. The number of rotatable bonds is 1. The number of hydrogen-bond acceptors (Lipinski definition) is 3. The standard InChI is InChI=1S/C18H16BrN3O2/c1-11-6-7-18(15-5-3-2-4-14(11)15)16(23)22(17(24)21-18)13-8-12(19)9-20-10-13/h2-5,8-11H,6-7H2,1H3,(H,21,24). The van der Waals surface area contributed by atoms with Crippen molar-refractivity contribution in [2.75, 3.05) is 4.90 Å². The lowest BCUT2D eigenvalue weighted by atomic mass is 9.72. The normalized spacial score (nSPS) is 25.8. The molecule has 1 N–H and O–H groups in total. The molecule has 5 nitrogen and oxygen atoms in total. The Kier molecular flexibility index (Phi) is 3.46. The summed E-state index contributed by atoms with van der Waals surface area (Å²) in [6, 6.07) is 9.22. The molecule has 6 heteroatoms. The molecule has 2 atom stereocenters. The van der Waals surface area contributed by atoms with E-state index >= 15 is 0 Å². The quantitative estimate of drug-likeness (QED) is 0.761. The zero-order valence-corrected chi connectivity index (χ0v) is 14.7. The number of imide groups is 1. The van der Waals surface area contributed by atoms with Crippen molar-refractivity contribution in [1.29, 1.82) is 0 Å². The van der Waals surface area contributed by atoms with Crippen LogP contribution in [0.15, 0.2) is 47.2 Å². The summed E-state index contributed by atoms with van der Waals surface area (Å²) in [4.78, 5) is 31.2. The van der Waals surface area contributed by atoms with Gasteiger partial charge in [0, 0.05) is 10.7 Å². The molecule has 0 bridgehead atoms. The van der Waals surface area contributed by atoms with E-state index in [0.29, 0.717) is 18.0 Å². The maximum absolute atomic E-state index is 13.3. The molecule has 2 aliphatic rings. The molecule has 1 spiro atoms. The fourth-order valence-electron chi connectivity index (χ4n) is 3.72. The van der Waals surface area contributed by atoms with Crippen molar-refractivity contribution in [1.82, 2.24) is 10.3 Å². The number of fused-ring (bicyclic) bond motifs is 2. The van der Waals surface area contributed by atoms with Crippen molar-refractivity contribution in [3.63, 3.8) is 0 Å². The zero-order chi connectivity index (χ0) is 16.9. The SMILES string of the molecule is CC1CCC2(NC(=O)N(c3cncc(Br)c3)C2=O)c2ccccc21. The fraction of sp³-hybridized carbons (Fsp3) is 0.278. The van der Waals surface area contributed by atoms with Crippen molar-refractivity contribution in [2.24, 2.45) is 0 Å². The van der Waals surface area contributed by atoms with Gasteiger partial charge in [-0.15, -0.1) is 0 Å². The summed E-state index contributed by atoms with van der Waals surface area (Å²) in [6.07, 6.45) is 4.61. The lowest BCUT2D eigenvalue weighted by Crippen LogP contribution is -2.47. The van der Waals surface area contributed by atoms with Crippen LogP contribution in [-0.4, -0.2) is 16.9 Å². The highest BCUT2D eigenvalue weighted by Gasteiger charge is 2.55. The van der Waals surface area contributed by atoms with Gasteiger partial charge < -0.3 is 5.32 Å². The first-order valence-corrected chi connectivity index (χ1v) is 8.69. The number of aromatic nitrogens is 1. The van der Waals surface area contributed by atoms with Gasteiger partial charge in [0.05, 0.1) is 11.9 Å². The minimum Gasteiger partial charge on any atom is -0.319 e. The van der Waals surface area contributed by atoms with Gasteiger partial charge in [0.25, 0.3) is 5.91 Å². The summed E-state index contributed by atoms with van der Waals surface area (Å²) in [5.74, 6) is 0.143. The number of anilines is 1. The summed E-state index contributed by atoms with van der Waals surface area (Å²) in [6.45, 7) is 2.16. The molecule has 3 amide bonds. The molecule has 24 heavy (non-hydrogen) atoms. The summed E-state index contributed by atoms with van der Waals surface area (Å²) < 4.78 is 0.721. The highest BCUT2D eigenvalue weighted by Crippen LogP contribution is 2.45. The molecule has 1 aromatic heterocycles. The number of halogens is 1. The summed E-state index contributed by atoms with van der Waals surface area (Å²) in [5.41, 5.74) is 1.54. The Morgan fingerprint density at radius 2 is 2.08 bits per heavy atom. The summed E-state index contributed by atoms with van der Waals surface area (Å²) >= 11 is 3.34. The number of hydrogen-bond donors (Lipinski definition) is 1. The van der Waals surface area contributed by atoms with Crippen LogP contribution in [0.2, 0.25) is 0 Å². The number of carbonyl (C=O) groups excluding carboxylic acids is 2. The van der Waals surface area contributed by atoms with Crippen molar-refractivity contribution < 1.29 is 9.59 Å². The van der Waals surface area contributed by atoms with E-state index < -0.39 is 11.6 Å². The van der Waals surface area contributed by atoms with Crippen LogP contribution in [0, 0.1) is 0 Å². The average Bonchev–Trinajstić information content (AvgIpc) is 2.83. The van der Waals surface area contributed by atoms with Crippen LogP contribution in [0.1, 0.15) is 36.8 Å². The molecule has 2 aromatic rings. The maximum atomic E-state index is 13.3. The minimum absolute atomic E-state index is 0.230. The fourth-order valence-corrected chi connectivity index (χ4v) is 4.08. The van der Waals surface area contributed by atoms with Gasteiger partial charge >= 0.3 is 6.03 Å². The summed E-state index contributed by atoms with van der Waals surface area (Å²) in [5, 5.41) is 2.96. The second-order valence-corrected chi connectivity index (χ2v) is 7.28. The molecular formula is C18H16BrN3O2. The summed E-state index contributed by atoms with van der Waals surface area (Å²) in [7, 11) is 0. The highest BCUT2D eigenvalue weighted by atomic mass is 79.9. The van der Waals surface area contributed by atoms with Gasteiger partial charge in [-0.05, 0) is 51.9 Å².